The molecule has 0 aliphatic carbocycles. The lowest BCUT2D eigenvalue weighted by Crippen LogP contribution is -2.45. The van der Waals surface area contributed by atoms with Gasteiger partial charge in [-0.05, 0) is 57.8 Å². The van der Waals surface area contributed by atoms with Crippen molar-refractivity contribution in [3.8, 4) is 5.75 Å². The van der Waals surface area contributed by atoms with Gasteiger partial charge in [0.25, 0.3) is 5.91 Å². The highest BCUT2D eigenvalue weighted by Crippen LogP contribution is 2.46. The van der Waals surface area contributed by atoms with E-state index >= 15 is 0 Å². The van der Waals surface area contributed by atoms with Crippen LogP contribution in [0, 0.1) is 4.91 Å². The predicted octanol–water partition coefficient (Wildman–Crippen LogP) is 3.42. The van der Waals surface area contributed by atoms with Crippen LogP contribution >= 0.6 is 11.8 Å². The molecule has 0 aromatic heterocycles. The number of amides is 1. The maximum atomic E-state index is 13.7. The Morgan fingerprint density at radius 3 is 2.34 bits per heavy atom. The summed E-state index contributed by atoms with van der Waals surface area (Å²) in [4.78, 5) is 65.3. The second-order valence-corrected chi connectivity index (χ2v) is 10.8. The molecule has 2 aromatic carbocycles. The lowest BCUT2D eigenvalue weighted by atomic mass is 9.97. The summed E-state index contributed by atoms with van der Waals surface area (Å²) in [6.07, 6.45) is -1.07. The molecule has 1 heterocycles. The fourth-order valence-electron chi connectivity index (χ4n) is 3.80. The highest BCUT2D eigenvalue weighted by Gasteiger charge is 2.41. The molecule has 202 valence electrons. The van der Waals surface area contributed by atoms with E-state index < -0.39 is 41.0 Å². The zero-order valence-electron chi connectivity index (χ0n) is 22.0. The third-order valence-electron chi connectivity index (χ3n) is 5.87. The van der Waals surface area contributed by atoms with Gasteiger partial charge in [-0.1, -0.05) is 29.4 Å². The van der Waals surface area contributed by atoms with E-state index in [1.807, 2.05) is 43.3 Å². The minimum absolute atomic E-state index is 0.314. The van der Waals surface area contributed by atoms with E-state index in [9.17, 15) is 24.1 Å². The Hall–Kier alpha value is -3.57. The summed E-state index contributed by atoms with van der Waals surface area (Å²) in [5.41, 5.74) is -0.199. The number of thioether (sulfide) groups is 1. The van der Waals surface area contributed by atoms with Crippen molar-refractivity contribution in [1.82, 2.24) is 4.90 Å². The molecule has 2 atom stereocenters. The zero-order chi connectivity index (χ0) is 28.0. The summed E-state index contributed by atoms with van der Waals surface area (Å²) in [6.45, 7) is 4.30. The Kier molecular flexibility index (Phi) is 9.40. The number of nitrogens with zero attached hydrogens (tertiary/aromatic N) is 3. The van der Waals surface area contributed by atoms with Gasteiger partial charge >= 0.3 is 5.97 Å². The monoisotopic (exact) mass is 541 g/mol. The van der Waals surface area contributed by atoms with E-state index in [2.05, 4.69) is 5.18 Å². The van der Waals surface area contributed by atoms with E-state index in [-0.39, 0.29) is 5.91 Å². The Labute approximate surface area is 225 Å². The molecule has 0 bridgehead atoms. The lowest BCUT2D eigenvalue weighted by molar-refractivity contribution is -0.152. The lowest BCUT2D eigenvalue weighted by Gasteiger charge is -2.28. The number of benzene rings is 2. The van der Waals surface area contributed by atoms with Crippen molar-refractivity contribution in [2.24, 2.45) is 5.18 Å². The number of ketones is 2. The van der Waals surface area contributed by atoms with Gasteiger partial charge in [0, 0.05) is 24.9 Å². The van der Waals surface area contributed by atoms with Crippen molar-refractivity contribution in [2.45, 2.75) is 42.6 Å². The Morgan fingerprint density at radius 1 is 1.08 bits per heavy atom. The predicted molar refractivity (Wildman–Crippen MR) is 143 cm³/mol. The molecule has 0 fully saturated rings. The standard InChI is InChI=1S/C27H31N3O7S/c1-17(31)37-23-24(38-22-9-7-6-8-20(22)30(26(23)34)15-14-29(4)5)18-10-12-19(13-11-18)36-16-21(32)25(33)27(2,3)28-35/h6-13,23-24H,14-16H2,1-5H3/t23?,24-/m0/s1. The number of anilines is 1. The molecule has 0 N–H and O–H groups in total. The van der Waals surface area contributed by atoms with Gasteiger partial charge in [-0.25, -0.2) is 0 Å². The summed E-state index contributed by atoms with van der Waals surface area (Å²) < 4.78 is 11.0. The first-order valence-electron chi connectivity index (χ1n) is 12.0. The van der Waals surface area contributed by atoms with E-state index in [1.165, 1.54) is 32.5 Å². The number of nitroso groups, excluding NO2 is 1. The summed E-state index contributed by atoms with van der Waals surface area (Å²) in [6, 6.07) is 14.2. The smallest absolute Gasteiger partial charge is 0.303 e. The Bertz CT molecular complexity index is 1210. The molecule has 0 saturated heterocycles. The van der Waals surface area contributed by atoms with Crippen LogP contribution in [0.4, 0.5) is 5.69 Å². The van der Waals surface area contributed by atoms with E-state index in [4.69, 9.17) is 9.47 Å². The molecule has 38 heavy (non-hydrogen) atoms. The average molecular weight is 542 g/mol. The number of rotatable bonds is 11. The van der Waals surface area contributed by atoms with Gasteiger partial charge in [0.15, 0.2) is 18.2 Å². The number of carbonyl (C=O) groups is 4. The molecule has 11 heteroatoms. The van der Waals surface area contributed by atoms with Gasteiger partial charge in [-0.3, -0.25) is 19.2 Å². The molecule has 1 aliphatic rings. The Morgan fingerprint density at radius 2 is 1.74 bits per heavy atom. The fourth-order valence-corrected chi connectivity index (χ4v) is 5.11. The molecule has 1 unspecified atom stereocenters. The SMILES string of the molecule is CC(=O)OC1C(=O)N(CCN(C)C)c2ccccc2S[C@H]1c1ccc(OCC(=O)C(=O)C(C)(C)N=O)cc1. The average Bonchev–Trinajstić information content (AvgIpc) is 3.00. The third-order valence-corrected chi connectivity index (χ3v) is 7.25. The number of hydrogen-bond donors (Lipinski definition) is 0. The summed E-state index contributed by atoms with van der Waals surface area (Å²) in [5.74, 6) is -2.37. The van der Waals surface area contributed by atoms with Crippen LogP contribution in [0.3, 0.4) is 0 Å². The molecule has 0 radical (unpaired) electrons. The van der Waals surface area contributed by atoms with Crippen LogP contribution in [-0.4, -0.2) is 73.8 Å². The van der Waals surface area contributed by atoms with Crippen molar-refractivity contribution < 1.29 is 28.7 Å². The van der Waals surface area contributed by atoms with Crippen molar-refractivity contribution in [2.75, 3.05) is 38.7 Å². The van der Waals surface area contributed by atoms with Crippen molar-refractivity contribution in [3.63, 3.8) is 0 Å². The number of likely N-dealkylation sites (N-methyl/N-ethyl adjacent to an activating group) is 1. The summed E-state index contributed by atoms with van der Waals surface area (Å²) in [7, 11) is 3.84. The number of carbonyl (C=O) groups excluding carboxylic acids is 4. The van der Waals surface area contributed by atoms with Crippen LogP contribution in [0.2, 0.25) is 0 Å². The number of Topliss-reactive ketones (excluding diaryl/α,β-unsaturated/α-hetero) is 2. The Balaban J connectivity index is 1.87. The zero-order valence-corrected chi connectivity index (χ0v) is 22.8. The minimum Gasteiger partial charge on any atom is -0.485 e. The molecule has 3 rings (SSSR count). The highest BCUT2D eigenvalue weighted by atomic mass is 32.2. The van der Waals surface area contributed by atoms with Crippen molar-refractivity contribution in [1.29, 1.82) is 0 Å². The van der Waals surface area contributed by atoms with Gasteiger partial charge in [-0.2, -0.15) is 0 Å². The van der Waals surface area contributed by atoms with Crippen LogP contribution in [0.15, 0.2) is 58.6 Å². The molecule has 2 aromatic rings. The van der Waals surface area contributed by atoms with Crippen LogP contribution in [0.1, 0.15) is 31.6 Å². The largest absolute Gasteiger partial charge is 0.485 e. The minimum atomic E-state index is -1.66. The first kappa shape index (κ1) is 29.0. The van der Waals surface area contributed by atoms with Gasteiger partial charge < -0.3 is 19.3 Å². The van der Waals surface area contributed by atoms with Gasteiger partial charge in [0.1, 0.15) is 5.75 Å². The summed E-state index contributed by atoms with van der Waals surface area (Å²) >= 11 is 1.42. The van der Waals surface area contributed by atoms with Crippen LogP contribution in [-0.2, 0) is 23.9 Å². The van der Waals surface area contributed by atoms with Crippen LogP contribution in [0.25, 0.3) is 0 Å². The van der Waals surface area contributed by atoms with Gasteiger partial charge in [0.2, 0.25) is 11.6 Å². The number of esters is 1. The molecule has 0 saturated carbocycles. The number of ether oxygens (including phenoxy) is 2. The molecular weight excluding hydrogens is 510 g/mol. The van der Waals surface area contributed by atoms with Crippen LogP contribution < -0.4 is 9.64 Å². The van der Waals surface area contributed by atoms with Gasteiger partial charge in [-0.15, -0.1) is 16.7 Å². The maximum Gasteiger partial charge on any atom is 0.303 e. The third kappa shape index (κ3) is 6.84. The number of hydrogen-bond acceptors (Lipinski definition) is 10. The van der Waals surface area contributed by atoms with Crippen LogP contribution in [0.5, 0.6) is 5.75 Å². The second-order valence-electron chi connectivity index (χ2n) is 9.59. The number of fused-ring (bicyclic) bond motifs is 1. The number of para-hydroxylation sites is 1. The second kappa shape index (κ2) is 12.3. The van der Waals surface area contributed by atoms with Crippen molar-refractivity contribution >= 4 is 40.9 Å². The van der Waals surface area contributed by atoms with E-state index in [0.717, 1.165) is 10.6 Å². The molecule has 1 amide bonds. The molecule has 10 nitrogen and oxygen atoms in total. The molecule has 0 spiro atoms. The first-order chi connectivity index (χ1) is 17.9. The molecule has 1 aliphatic heterocycles. The fraction of sp³-hybridized carbons (Fsp3) is 0.407. The molecular formula is C27H31N3O7S. The first-order valence-corrected chi connectivity index (χ1v) is 12.9. The quantitative estimate of drug-likeness (QED) is 0.239. The highest BCUT2D eigenvalue weighted by molar-refractivity contribution is 7.99. The summed E-state index contributed by atoms with van der Waals surface area (Å²) in [5, 5.41) is 2.15. The van der Waals surface area contributed by atoms with Gasteiger partial charge in [0.05, 0.1) is 10.9 Å². The van der Waals surface area contributed by atoms with Crippen molar-refractivity contribution in [3.05, 3.63) is 59.0 Å². The normalized spacial score (nSPS) is 17.4. The van der Waals surface area contributed by atoms with E-state index in [1.54, 1.807) is 29.2 Å². The topological polar surface area (TPSA) is 123 Å². The van der Waals surface area contributed by atoms with E-state index in [0.29, 0.717) is 24.4 Å². The maximum absolute atomic E-state index is 13.7.